The fraction of sp³-hybridized carbons (Fsp3) is 0.364. The summed E-state index contributed by atoms with van der Waals surface area (Å²) in [6.45, 7) is 0. The van der Waals surface area contributed by atoms with Crippen molar-refractivity contribution >= 4 is 13.3 Å². The first-order chi connectivity index (χ1) is 10.8. The summed E-state index contributed by atoms with van der Waals surface area (Å²) in [6.07, 6.45) is 0. The van der Waals surface area contributed by atoms with Crippen molar-refractivity contribution < 1.29 is 43.6 Å². The van der Waals surface area contributed by atoms with Crippen LogP contribution < -0.4 is 5.32 Å². The Morgan fingerprint density at radius 1 is 0.917 bits per heavy atom. The summed E-state index contributed by atoms with van der Waals surface area (Å²) in [6, 6.07) is 0.707. The van der Waals surface area contributed by atoms with Crippen LogP contribution in [0.1, 0.15) is 0 Å². The van der Waals surface area contributed by atoms with Gasteiger partial charge in [0, 0.05) is 27.2 Å². The Morgan fingerprint density at radius 3 is 1.42 bits per heavy atom. The number of hydrogen-bond donors (Lipinski definition) is 1. The second-order valence-electron chi connectivity index (χ2n) is 3.93. The Kier molecular flexibility index (Phi) is 10.7. The van der Waals surface area contributed by atoms with Crippen LogP contribution in [-0.2, 0) is 0 Å². The molecular weight excluding hydrogens is 358 g/mol. The Hall–Kier alpha value is -2.08. The number of nitrogens with zero attached hydrogens (tertiary/aromatic N) is 1. The summed E-state index contributed by atoms with van der Waals surface area (Å²) in [5, 5.41) is 2.87. The van der Waals surface area contributed by atoms with E-state index in [0.717, 1.165) is 6.03 Å². The predicted molar refractivity (Wildman–Crippen MR) is 70.5 cm³/mol. The summed E-state index contributed by atoms with van der Waals surface area (Å²) < 4.78 is 104. The maximum Gasteiger partial charge on any atom is 0.673 e. The van der Waals surface area contributed by atoms with Crippen molar-refractivity contribution in [3.05, 3.63) is 35.2 Å². The van der Waals surface area contributed by atoms with Gasteiger partial charge in [0.1, 0.15) is 0 Å². The van der Waals surface area contributed by atoms with Crippen LogP contribution in [0.5, 0.6) is 0 Å². The van der Waals surface area contributed by atoms with E-state index in [2.05, 4.69) is 5.32 Å². The van der Waals surface area contributed by atoms with Gasteiger partial charge in [0.05, 0.1) is 0 Å². The minimum absolute atomic E-state index is 0.0618. The lowest BCUT2D eigenvalue weighted by molar-refractivity contribution is -0.0946. The van der Waals surface area contributed by atoms with Crippen molar-refractivity contribution in [2.45, 2.75) is 0 Å². The number of halogens is 9. The molecule has 3 nitrogen and oxygen atoms in total. The molecule has 140 valence electrons. The highest BCUT2D eigenvalue weighted by Crippen LogP contribution is 2.16. The van der Waals surface area contributed by atoms with Crippen LogP contribution in [0.3, 0.4) is 0 Å². The second-order valence-corrected chi connectivity index (χ2v) is 3.93. The van der Waals surface area contributed by atoms with Gasteiger partial charge in [0.2, 0.25) is 5.82 Å². The van der Waals surface area contributed by atoms with Crippen molar-refractivity contribution in [3.63, 3.8) is 0 Å². The van der Waals surface area contributed by atoms with E-state index in [-0.39, 0.29) is 6.07 Å². The van der Waals surface area contributed by atoms with Crippen LogP contribution in [0.2, 0.25) is 0 Å². The molecule has 0 fully saturated rings. The SMILES string of the molecule is CNC(=[O+]C)N(C)C.F[B-](F)(F)F.Fc1cc(F)c(F)c(F)c1F. The molecule has 0 saturated heterocycles. The molecule has 0 aliphatic heterocycles. The second kappa shape index (κ2) is 10.7. The number of rotatable bonds is 0. The lowest BCUT2D eigenvalue weighted by Gasteiger charge is -2.02. The molecule has 13 heteroatoms. The molecule has 2 amide bonds. The van der Waals surface area contributed by atoms with Crippen LogP contribution in [0, 0.1) is 29.1 Å². The van der Waals surface area contributed by atoms with Crippen molar-refractivity contribution in [2.75, 3.05) is 28.3 Å². The number of benzene rings is 1. The zero-order valence-corrected chi connectivity index (χ0v) is 12.9. The quantitative estimate of drug-likeness (QED) is 0.236. The molecule has 0 spiro atoms. The predicted octanol–water partition coefficient (Wildman–Crippen LogP) is 3.74. The summed E-state index contributed by atoms with van der Waals surface area (Å²) >= 11 is 0. The first-order valence-corrected chi connectivity index (χ1v) is 5.88. The Balaban J connectivity index is 0. The van der Waals surface area contributed by atoms with Crippen LogP contribution in [-0.4, -0.2) is 46.4 Å². The van der Waals surface area contributed by atoms with E-state index in [0.29, 0.717) is 0 Å². The lowest BCUT2D eigenvalue weighted by atomic mass is 10.3. The molecule has 0 atom stereocenters. The molecule has 0 radical (unpaired) electrons. The van der Waals surface area contributed by atoms with E-state index < -0.39 is 36.3 Å². The number of nitrogens with one attached hydrogen (secondary N) is 1. The molecule has 0 saturated carbocycles. The molecule has 1 rings (SSSR count). The van der Waals surface area contributed by atoms with Crippen molar-refractivity contribution in [2.24, 2.45) is 0 Å². The van der Waals surface area contributed by atoms with Gasteiger partial charge in [-0.1, -0.05) is 0 Å². The molecule has 1 N–H and O–H groups in total. The maximum atomic E-state index is 12.0. The van der Waals surface area contributed by atoms with Gasteiger partial charge >= 0.3 is 13.3 Å². The fourth-order valence-electron chi connectivity index (χ4n) is 1.05. The molecule has 0 bridgehead atoms. The zero-order chi connectivity index (χ0) is 19.7. The number of carbonyl (C=O) groups excluding carboxylic acids is 1. The van der Waals surface area contributed by atoms with Gasteiger partial charge < -0.3 is 17.3 Å². The summed E-state index contributed by atoms with van der Waals surface area (Å²) in [7, 11) is 1.27. The van der Waals surface area contributed by atoms with Crippen LogP contribution in [0.4, 0.5) is 43.6 Å². The maximum absolute atomic E-state index is 12.0. The average Bonchev–Trinajstić information content (AvgIpc) is 2.43. The number of hydrogen-bond acceptors (Lipinski definition) is 0. The summed E-state index contributed by atoms with van der Waals surface area (Å²) in [5.41, 5.74) is 0. The highest BCUT2D eigenvalue weighted by atomic mass is 19.5. The van der Waals surface area contributed by atoms with Gasteiger partial charge in [-0.2, -0.15) is 0 Å². The number of amides is 2. The van der Waals surface area contributed by atoms with E-state index in [9.17, 15) is 39.2 Å². The van der Waals surface area contributed by atoms with Crippen LogP contribution in [0.25, 0.3) is 0 Å². The minimum Gasteiger partial charge on any atom is -0.418 e. The van der Waals surface area contributed by atoms with E-state index in [1.165, 1.54) is 0 Å². The summed E-state index contributed by atoms with van der Waals surface area (Å²) in [4.78, 5) is 1.86. The topological polar surface area (TPSA) is 26.6 Å². The highest BCUT2D eigenvalue weighted by Gasteiger charge is 2.20. The van der Waals surface area contributed by atoms with Crippen molar-refractivity contribution in [3.8, 4) is 0 Å². The normalized spacial score (nSPS) is 11.0. The highest BCUT2D eigenvalue weighted by molar-refractivity contribution is 6.50. The first kappa shape index (κ1) is 24.2. The van der Waals surface area contributed by atoms with Crippen LogP contribution in [0.15, 0.2) is 6.07 Å². The molecule has 0 heterocycles. The van der Waals surface area contributed by atoms with Gasteiger partial charge in [-0.15, -0.1) is 0 Å². The molecule has 0 aliphatic rings. The van der Waals surface area contributed by atoms with Crippen LogP contribution >= 0.6 is 0 Å². The standard InChI is InChI=1S/C6HF5.C5H13N2O.BF4/c7-2-1-3(8)5(10)6(11)4(2)9;1-6-5(8-4)7(2)3;2-1(3,4)5/h1H;6H,1-4H3;/q;+1;-1. The third-order valence-electron chi connectivity index (χ3n) is 1.87. The fourth-order valence-corrected chi connectivity index (χ4v) is 1.05. The van der Waals surface area contributed by atoms with Gasteiger partial charge in [-0.05, 0) is 0 Å². The largest absolute Gasteiger partial charge is 0.673 e. The average molecular weight is 372 g/mol. The van der Waals surface area contributed by atoms with Gasteiger partial charge in [0.15, 0.2) is 23.3 Å². The lowest BCUT2D eigenvalue weighted by Crippen LogP contribution is -2.32. The van der Waals surface area contributed by atoms with E-state index >= 15 is 0 Å². The smallest absolute Gasteiger partial charge is 0.418 e. The minimum atomic E-state index is -6.00. The molecule has 0 unspecified atom stereocenters. The van der Waals surface area contributed by atoms with Gasteiger partial charge in [-0.25, -0.2) is 26.4 Å². The Labute approximate surface area is 131 Å². The molecule has 1 aromatic rings. The molecule has 0 aromatic heterocycles. The Bertz CT molecular complexity index is 517. The number of urea groups is 1. The van der Waals surface area contributed by atoms with E-state index in [4.69, 9.17) is 4.42 Å². The monoisotopic (exact) mass is 372 g/mol. The molecular formula is C11H14BF9N2O. The molecule has 24 heavy (non-hydrogen) atoms. The van der Waals surface area contributed by atoms with Crippen molar-refractivity contribution in [1.82, 2.24) is 10.2 Å². The van der Waals surface area contributed by atoms with Gasteiger partial charge in [-0.3, -0.25) is 10.2 Å². The van der Waals surface area contributed by atoms with Gasteiger partial charge in [0.25, 0.3) is 7.11 Å². The Morgan fingerprint density at radius 2 is 1.25 bits per heavy atom. The summed E-state index contributed by atoms with van der Waals surface area (Å²) in [5.74, 6) is -9.65. The molecule has 0 aliphatic carbocycles. The van der Waals surface area contributed by atoms with E-state index in [1.54, 1.807) is 7.11 Å². The van der Waals surface area contributed by atoms with Crippen molar-refractivity contribution in [1.29, 1.82) is 0 Å². The third-order valence-corrected chi connectivity index (χ3v) is 1.87. The molecule has 1 aromatic carbocycles. The van der Waals surface area contributed by atoms with E-state index in [1.807, 2.05) is 26.0 Å². The first-order valence-electron chi connectivity index (χ1n) is 5.88. The third kappa shape index (κ3) is 10.6. The zero-order valence-electron chi connectivity index (χ0n) is 12.9.